The summed E-state index contributed by atoms with van der Waals surface area (Å²) in [6, 6.07) is 5.45. The normalized spacial score (nSPS) is 9.47. The van der Waals surface area contributed by atoms with Gasteiger partial charge in [-0.3, -0.25) is 4.79 Å². The number of halogens is 2. The molecule has 0 aromatic heterocycles. The van der Waals surface area contributed by atoms with Gasteiger partial charge in [-0.2, -0.15) is 5.26 Å². The van der Waals surface area contributed by atoms with E-state index in [9.17, 15) is 4.79 Å². The molecular weight excluding hydrogens is 326 g/mol. The number of nitrogens with zero attached hydrogens (tertiary/aromatic N) is 1. The van der Waals surface area contributed by atoms with Gasteiger partial charge in [0.05, 0.1) is 25.2 Å². The number of hydrogen-bond acceptors (Lipinski definition) is 3. The second kappa shape index (κ2) is 5.29. The molecule has 0 atom stereocenters. The molecule has 0 spiro atoms. The average Bonchev–Trinajstić information content (AvgIpc) is 2.25. The van der Waals surface area contributed by atoms with Crippen molar-refractivity contribution in [3.05, 3.63) is 32.2 Å². The summed E-state index contributed by atoms with van der Waals surface area (Å²) in [4.78, 5) is 11.1. The summed E-state index contributed by atoms with van der Waals surface area (Å²) < 4.78 is 6.08. The highest BCUT2D eigenvalue weighted by molar-refractivity contribution is 9.13. The van der Waals surface area contributed by atoms with Crippen LogP contribution in [0.1, 0.15) is 11.1 Å². The van der Waals surface area contributed by atoms with E-state index in [2.05, 4.69) is 36.6 Å². The summed E-state index contributed by atoms with van der Waals surface area (Å²) in [6.45, 7) is 0. The van der Waals surface area contributed by atoms with Crippen molar-refractivity contribution in [1.29, 1.82) is 5.26 Å². The van der Waals surface area contributed by atoms with E-state index >= 15 is 0 Å². The number of esters is 1. The fourth-order valence-corrected chi connectivity index (χ4v) is 1.94. The lowest BCUT2D eigenvalue weighted by molar-refractivity contribution is -0.139. The van der Waals surface area contributed by atoms with Crippen LogP contribution in [0.5, 0.6) is 0 Å². The first-order valence-electron chi connectivity index (χ1n) is 4.04. The van der Waals surface area contributed by atoms with Crippen LogP contribution in [0.4, 0.5) is 0 Å². The first-order chi connectivity index (χ1) is 7.10. The molecule has 5 heteroatoms. The summed E-state index contributed by atoms with van der Waals surface area (Å²) in [5.74, 6) is -0.370. The molecule has 0 bridgehead atoms. The molecule has 0 fully saturated rings. The first-order valence-corrected chi connectivity index (χ1v) is 5.62. The number of ether oxygens (including phenoxy) is 1. The van der Waals surface area contributed by atoms with Crippen LogP contribution in [-0.4, -0.2) is 13.1 Å². The minimum atomic E-state index is -0.370. The number of nitriles is 1. The van der Waals surface area contributed by atoms with Crippen LogP contribution >= 0.6 is 31.9 Å². The predicted octanol–water partition coefficient (Wildman–Crippen LogP) is 2.80. The van der Waals surface area contributed by atoms with Gasteiger partial charge in [0, 0.05) is 8.95 Å². The Bertz CT molecular complexity index is 438. The van der Waals surface area contributed by atoms with Crippen LogP contribution in [0.2, 0.25) is 0 Å². The van der Waals surface area contributed by atoms with Crippen molar-refractivity contribution >= 4 is 37.8 Å². The third-order valence-electron chi connectivity index (χ3n) is 1.87. The molecule has 0 unspecified atom stereocenters. The van der Waals surface area contributed by atoms with Crippen LogP contribution in [0.3, 0.4) is 0 Å². The molecule has 0 N–H and O–H groups in total. The zero-order valence-electron chi connectivity index (χ0n) is 7.88. The molecule has 78 valence electrons. The Kier molecular flexibility index (Phi) is 4.30. The highest BCUT2D eigenvalue weighted by atomic mass is 79.9. The monoisotopic (exact) mass is 331 g/mol. The molecule has 15 heavy (non-hydrogen) atoms. The van der Waals surface area contributed by atoms with Crippen molar-refractivity contribution in [3.63, 3.8) is 0 Å². The van der Waals surface area contributed by atoms with Crippen LogP contribution in [0, 0.1) is 11.3 Å². The lowest BCUT2D eigenvalue weighted by atomic mass is 10.1. The van der Waals surface area contributed by atoms with Gasteiger partial charge in [0.2, 0.25) is 0 Å². The Hall–Kier alpha value is -0.860. The van der Waals surface area contributed by atoms with E-state index in [0.29, 0.717) is 15.6 Å². The van der Waals surface area contributed by atoms with Crippen LogP contribution in [0.25, 0.3) is 0 Å². The van der Waals surface area contributed by atoms with Gasteiger partial charge in [0.1, 0.15) is 0 Å². The molecule has 1 aromatic rings. The van der Waals surface area contributed by atoms with Crippen LogP contribution in [-0.2, 0) is 16.0 Å². The quantitative estimate of drug-likeness (QED) is 0.782. The minimum Gasteiger partial charge on any atom is -0.469 e. The Morgan fingerprint density at radius 2 is 2.20 bits per heavy atom. The first kappa shape index (κ1) is 12.2. The van der Waals surface area contributed by atoms with Gasteiger partial charge < -0.3 is 4.74 Å². The molecule has 0 radical (unpaired) electrons. The Morgan fingerprint density at radius 1 is 1.53 bits per heavy atom. The van der Waals surface area contributed by atoms with E-state index in [-0.39, 0.29) is 12.4 Å². The third-order valence-corrected chi connectivity index (χ3v) is 3.96. The van der Waals surface area contributed by atoms with Crippen LogP contribution < -0.4 is 0 Å². The summed E-state index contributed by atoms with van der Waals surface area (Å²) in [7, 11) is 1.32. The molecule has 1 rings (SSSR count). The number of methoxy groups -OCH3 is 1. The predicted molar refractivity (Wildman–Crippen MR) is 62.3 cm³/mol. The minimum absolute atomic E-state index is 0.0828. The van der Waals surface area contributed by atoms with E-state index < -0.39 is 0 Å². The molecule has 0 saturated carbocycles. The number of carbonyl (C=O) groups is 1. The molecule has 1 aromatic carbocycles. The standard InChI is InChI=1S/C10H7Br2NO2/c1-15-9(14)4-7-6(5-13)2-3-8(11)10(7)12/h2-3H,4H2,1H3. The fraction of sp³-hybridized carbons (Fsp3) is 0.200. The van der Waals surface area contributed by atoms with Gasteiger partial charge in [-0.05, 0) is 49.6 Å². The maximum absolute atomic E-state index is 11.1. The topological polar surface area (TPSA) is 50.1 Å². The van der Waals surface area contributed by atoms with E-state index in [0.717, 1.165) is 4.47 Å². The zero-order chi connectivity index (χ0) is 11.4. The number of hydrogen-bond donors (Lipinski definition) is 0. The average molecular weight is 333 g/mol. The Balaban J connectivity index is 3.19. The molecule has 0 amide bonds. The van der Waals surface area contributed by atoms with Gasteiger partial charge in [-0.25, -0.2) is 0 Å². The van der Waals surface area contributed by atoms with E-state index in [1.54, 1.807) is 12.1 Å². The van der Waals surface area contributed by atoms with Crippen molar-refractivity contribution in [2.45, 2.75) is 6.42 Å². The largest absolute Gasteiger partial charge is 0.469 e. The molecule has 0 aliphatic carbocycles. The van der Waals surface area contributed by atoms with Gasteiger partial charge in [0.25, 0.3) is 0 Å². The van der Waals surface area contributed by atoms with Crippen molar-refractivity contribution in [2.75, 3.05) is 7.11 Å². The zero-order valence-corrected chi connectivity index (χ0v) is 11.1. The van der Waals surface area contributed by atoms with E-state index in [1.165, 1.54) is 7.11 Å². The number of carbonyl (C=O) groups excluding carboxylic acids is 1. The lowest BCUT2D eigenvalue weighted by Gasteiger charge is -2.07. The highest BCUT2D eigenvalue weighted by Crippen LogP contribution is 2.29. The van der Waals surface area contributed by atoms with Gasteiger partial charge in [-0.1, -0.05) is 0 Å². The fourth-order valence-electron chi connectivity index (χ4n) is 1.09. The SMILES string of the molecule is COC(=O)Cc1c(C#N)ccc(Br)c1Br. The molecule has 0 aliphatic rings. The van der Waals surface area contributed by atoms with Crippen molar-refractivity contribution in [1.82, 2.24) is 0 Å². The molecular formula is C10H7Br2NO2. The highest BCUT2D eigenvalue weighted by Gasteiger charge is 2.13. The maximum atomic E-state index is 11.1. The van der Waals surface area contributed by atoms with Gasteiger partial charge in [0.15, 0.2) is 0 Å². The second-order valence-corrected chi connectivity index (χ2v) is 4.40. The summed E-state index contributed by atoms with van der Waals surface area (Å²) in [5, 5.41) is 8.88. The van der Waals surface area contributed by atoms with Crippen molar-refractivity contribution in [3.8, 4) is 6.07 Å². The Labute approximate surface area is 104 Å². The maximum Gasteiger partial charge on any atom is 0.310 e. The number of benzene rings is 1. The summed E-state index contributed by atoms with van der Waals surface area (Å²) in [5.41, 5.74) is 1.11. The second-order valence-electron chi connectivity index (χ2n) is 2.75. The van der Waals surface area contributed by atoms with Gasteiger partial charge >= 0.3 is 5.97 Å². The number of rotatable bonds is 2. The summed E-state index contributed by atoms with van der Waals surface area (Å²) >= 11 is 6.64. The van der Waals surface area contributed by atoms with Gasteiger partial charge in [-0.15, -0.1) is 0 Å². The van der Waals surface area contributed by atoms with Crippen molar-refractivity contribution < 1.29 is 9.53 Å². The Morgan fingerprint density at radius 3 is 2.73 bits per heavy atom. The summed E-state index contributed by atoms with van der Waals surface area (Å²) in [6.07, 6.45) is 0.0828. The lowest BCUT2D eigenvalue weighted by Crippen LogP contribution is -2.07. The third kappa shape index (κ3) is 2.80. The molecule has 3 nitrogen and oxygen atoms in total. The van der Waals surface area contributed by atoms with E-state index in [1.807, 2.05) is 6.07 Å². The molecule has 0 heterocycles. The van der Waals surface area contributed by atoms with E-state index in [4.69, 9.17) is 5.26 Å². The molecule has 0 aliphatic heterocycles. The molecule has 0 saturated heterocycles. The van der Waals surface area contributed by atoms with Crippen molar-refractivity contribution in [2.24, 2.45) is 0 Å². The smallest absolute Gasteiger partial charge is 0.310 e. The van der Waals surface area contributed by atoms with Crippen LogP contribution in [0.15, 0.2) is 21.1 Å².